The second-order valence-corrected chi connectivity index (χ2v) is 6.89. The van der Waals surface area contributed by atoms with Crippen LogP contribution in [0.5, 0.6) is 0 Å². The fourth-order valence-electron chi connectivity index (χ4n) is 2.38. The molecular weight excluding hydrogens is 204 g/mol. The lowest BCUT2D eigenvalue weighted by molar-refractivity contribution is -0.0946. The van der Waals surface area contributed by atoms with Crippen LogP contribution < -0.4 is 0 Å². The molecule has 0 aromatic heterocycles. The van der Waals surface area contributed by atoms with Crippen LogP contribution in [0.25, 0.3) is 0 Å². The molecule has 0 aromatic carbocycles. The summed E-state index contributed by atoms with van der Waals surface area (Å²) in [6, 6.07) is 0. The molecule has 1 fully saturated rings. The van der Waals surface area contributed by atoms with Gasteiger partial charge in [-0.15, -0.1) is 11.8 Å². The molecule has 0 aromatic rings. The molecule has 90 valence electrons. The number of hydrogen-bond donors (Lipinski definition) is 0. The highest BCUT2D eigenvalue weighted by Gasteiger charge is 2.38. The molecule has 0 N–H and O–H groups in total. The first-order valence-corrected chi connectivity index (χ1v) is 7.22. The molecule has 1 heterocycles. The van der Waals surface area contributed by atoms with Crippen LogP contribution in [0, 0.1) is 17.8 Å². The third kappa shape index (κ3) is 3.13. The van der Waals surface area contributed by atoms with Crippen LogP contribution in [0.4, 0.5) is 0 Å². The summed E-state index contributed by atoms with van der Waals surface area (Å²) >= 11 is 1.99. The summed E-state index contributed by atoms with van der Waals surface area (Å²) < 4.78 is 6.20. The molecule has 1 saturated heterocycles. The third-order valence-corrected chi connectivity index (χ3v) is 5.14. The van der Waals surface area contributed by atoms with Gasteiger partial charge in [-0.05, 0) is 24.2 Å². The minimum atomic E-state index is 0.404. The Morgan fingerprint density at radius 1 is 1.07 bits per heavy atom. The Labute approximate surface area is 99.3 Å². The molecule has 1 aliphatic rings. The maximum absolute atomic E-state index is 6.20. The first kappa shape index (κ1) is 13.4. The molecule has 0 amide bonds. The Hall–Kier alpha value is 0.310. The Morgan fingerprint density at radius 3 is 2.13 bits per heavy atom. The van der Waals surface area contributed by atoms with Gasteiger partial charge in [0.05, 0.1) is 6.10 Å². The molecule has 2 heteroatoms. The van der Waals surface area contributed by atoms with Crippen molar-refractivity contribution >= 4 is 11.8 Å². The zero-order chi connectivity index (χ0) is 11.6. The van der Waals surface area contributed by atoms with Crippen LogP contribution in [0.2, 0.25) is 0 Å². The molecule has 2 unspecified atom stereocenters. The Balaban J connectivity index is 2.65. The second kappa shape index (κ2) is 5.58. The molecule has 1 rings (SSSR count). The average Bonchev–Trinajstić information content (AvgIpc) is 2.18. The highest BCUT2D eigenvalue weighted by molar-refractivity contribution is 8.00. The summed E-state index contributed by atoms with van der Waals surface area (Å²) in [7, 11) is 0. The smallest absolute Gasteiger partial charge is 0.106 e. The van der Waals surface area contributed by atoms with E-state index in [0.717, 1.165) is 12.3 Å². The molecule has 1 nitrogen and oxygen atoms in total. The summed E-state index contributed by atoms with van der Waals surface area (Å²) in [6.45, 7) is 13.8. The van der Waals surface area contributed by atoms with Gasteiger partial charge < -0.3 is 4.74 Å². The molecule has 0 spiro atoms. The van der Waals surface area contributed by atoms with E-state index in [0.29, 0.717) is 28.6 Å². The van der Waals surface area contributed by atoms with E-state index in [9.17, 15) is 0 Å². The van der Waals surface area contributed by atoms with Crippen molar-refractivity contribution in [3.05, 3.63) is 0 Å². The minimum Gasteiger partial charge on any atom is -0.364 e. The van der Waals surface area contributed by atoms with Crippen LogP contribution in [-0.4, -0.2) is 16.8 Å². The van der Waals surface area contributed by atoms with Gasteiger partial charge in [-0.2, -0.15) is 0 Å². The molecule has 0 aliphatic carbocycles. The van der Waals surface area contributed by atoms with E-state index in [-0.39, 0.29) is 0 Å². The van der Waals surface area contributed by atoms with Gasteiger partial charge >= 0.3 is 0 Å². The van der Waals surface area contributed by atoms with E-state index >= 15 is 0 Å². The van der Waals surface area contributed by atoms with Gasteiger partial charge in [0.25, 0.3) is 0 Å². The summed E-state index contributed by atoms with van der Waals surface area (Å²) in [5, 5.41) is 0.663. The van der Waals surface area contributed by atoms with E-state index in [4.69, 9.17) is 4.74 Å². The van der Waals surface area contributed by atoms with Crippen LogP contribution in [0.3, 0.4) is 0 Å². The topological polar surface area (TPSA) is 9.23 Å². The van der Waals surface area contributed by atoms with Gasteiger partial charge in [0.15, 0.2) is 0 Å². The predicted molar refractivity (Wildman–Crippen MR) is 69.2 cm³/mol. The zero-order valence-electron chi connectivity index (χ0n) is 11.0. The lowest BCUT2D eigenvalue weighted by atomic mass is 9.79. The highest BCUT2D eigenvalue weighted by atomic mass is 32.2. The van der Waals surface area contributed by atoms with E-state index in [1.807, 2.05) is 11.8 Å². The third-order valence-electron chi connectivity index (χ3n) is 3.79. The SMILES string of the molecule is CCC1O[C@H](SC(C)C)C(C)[C@@H](C)[C@H]1C. The quantitative estimate of drug-likeness (QED) is 0.719. The van der Waals surface area contributed by atoms with Gasteiger partial charge in [-0.3, -0.25) is 0 Å². The van der Waals surface area contributed by atoms with Gasteiger partial charge in [0.1, 0.15) is 5.44 Å². The predicted octanol–water partition coefficient (Wildman–Crippen LogP) is 4.17. The van der Waals surface area contributed by atoms with Crippen LogP contribution >= 0.6 is 11.8 Å². The van der Waals surface area contributed by atoms with Crippen LogP contribution in [-0.2, 0) is 4.74 Å². The Kier molecular flexibility index (Phi) is 4.98. The number of ether oxygens (including phenoxy) is 1. The maximum Gasteiger partial charge on any atom is 0.106 e. The van der Waals surface area contributed by atoms with E-state index in [2.05, 4.69) is 41.5 Å². The monoisotopic (exact) mass is 230 g/mol. The van der Waals surface area contributed by atoms with Crippen molar-refractivity contribution in [2.45, 2.75) is 64.8 Å². The fraction of sp³-hybridized carbons (Fsp3) is 1.00. The van der Waals surface area contributed by atoms with Gasteiger partial charge in [-0.25, -0.2) is 0 Å². The van der Waals surface area contributed by atoms with Gasteiger partial charge in [0, 0.05) is 5.25 Å². The van der Waals surface area contributed by atoms with E-state index in [1.165, 1.54) is 0 Å². The molecule has 0 bridgehead atoms. The summed E-state index contributed by atoms with van der Waals surface area (Å²) in [5.74, 6) is 2.16. The molecule has 0 radical (unpaired) electrons. The second-order valence-electron chi connectivity index (χ2n) is 5.21. The van der Waals surface area contributed by atoms with Crippen molar-refractivity contribution in [2.75, 3.05) is 0 Å². The molecular formula is C13H26OS. The zero-order valence-corrected chi connectivity index (χ0v) is 11.8. The Morgan fingerprint density at radius 2 is 1.67 bits per heavy atom. The summed E-state index contributed by atoms with van der Waals surface area (Å²) in [5.41, 5.74) is 0.404. The maximum atomic E-state index is 6.20. The normalized spacial score (nSPS) is 42.2. The molecule has 1 aliphatic heterocycles. The van der Waals surface area contributed by atoms with Crippen molar-refractivity contribution in [1.82, 2.24) is 0 Å². The van der Waals surface area contributed by atoms with Crippen molar-refractivity contribution in [3.63, 3.8) is 0 Å². The molecule has 0 saturated carbocycles. The first-order chi connectivity index (χ1) is 6.97. The number of hydrogen-bond acceptors (Lipinski definition) is 2. The number of thioether (sulfide) groups is 1. The lowest BCUT2D eigenvalue weighted by Gasteiger charge is -2.43. The van der Waals surface area contributed by atoms with Gasteiger partial charge in [0.2, 0.25) is 0 Å². The van der Waals surface area contributed by atoms with E-state index < -0.39 is 0 Å². The summed E-state index contributed by atoms with van der Waals surface area (Å²) in [6.07, 6.45) is 1.61. The van der Waals surface area contributed by atoms with Gasteiger partial charge in [-0.1, -0.05) is 41.5 Å². The largest absolute Gasteiger partial charge is 0.364 e. The molecule has 5 atom stereocenters. The van der Waals surface area contributed by atoms with Crippen molar-refractivity contribution < 1.29 is 4.74 Å². The fourth-order valence-corrected chi connectivity index (χ4v) is 3.62. The van der Waals surface area contributed by atoms with Crippen molar-refractivity contribution in [1.29, 1.82) is 0 Å². The van der Waals surface area contributed by atoms with Crippen LogP contribution in [0.15, 0.2) is 0 Å². The Bertz CT molecular complexity index is 191. The highest BCUT2D eigenvalue weighted by Crippen LogP contribution is 2.41. The van der Waals surface area contributed by atoms with Crippen molar-refractivity contribution in [3.8, 4) is 0 Å². The lowest BCUT2D eigenvalue weighted by Crippen LogP contribution is -2.43. The van der Waals surface area contributed by atoms with Crippen LogP contribution in [0.1, 0.15) is 48.0 Å². The first-order valence-electron chi connectivity index (χ1n) is 6.28. The number of rotatable bonds is 3. The molecule has 15 heavy (non-hydrogen) atoms. The summed E-state index contributed by atoms with van der Waals surface area (Å²) in [4.78, 5) is 0. The standard InChI is InChI=1S/C13H26OS/c1-7-12-10(5)9(4)11(6)13(14-12)15-8(2)3/h8-13H,7H2,1-6H3/t9-,10+,11?,12?,13+/m0/s1. The average molecular weight is 230 g/mol. The minimum absolute atomic E-state index is 0.404. The van der Waals surface area contributed by atoms with E-state index in [1.54, 1.807) is 0 Å². The van der Waals surface area contributed by atoms with Crippen molar-refractivity contribution in [2.24, 2.45) is 17.8 Å².